The van der Waals surface area contributed by atoms with Gasteiger partial charge in [0.1, 0.15) is 12.2 Å². The first-order chi connectivity index (χ1) is 13.5. The summed E-state index contributed by atoms with van der Waals surface area (Å²) >= 11 is 0. The molecule has 152 valence electrons. The highest BCUT2D eigenvalue weighted by Crippen LogP contribution is 2.42. The second-order valence-corrected chi connectivity index (χ2v) is 7.56. The number of alkyl halides is 3. The molecule has 8 nitrogen and oxygen atoms in total. The highest BCUT2D eigenvalue weighted by molar-refractivity contribution is 7.89. The summed E-state index contributed by atoms with van der Waals surface area (Å²) in [6.45, 7) is -0.789. The van der Waals surface area contributed by atoms with E-state index < -0.39 is 34.3 Å². The van der Waals surface area contributed by atoms with Crippen LogP contribution in [0.5, 0.6) is 0 Å². The lowest BCUT2D eigenvalue weighted by molar-refractivity contribution is -0.144. The molecule has 0 aliphatic carbocycles. The first kappa shape index (κ1) is 20.5. The number of nitrogens with two attached hydrogens (primary N) is 2. The molecule has 12 heteroatoms. The molecule has 0 aliphatic heterocycles. The number of amides is 1. The molecule has 3 aromatic rings. The van der Waals surface area contributed by atoms with Gasteiger partial charge in [0, 0.05) is 23.5 Å². The summed E-state index contributed by atoms with van der Waals surface area (Å²) in [4.78, 5) is 14.9. The van der Waals surface area contributed by atoms with Crippen LogP contribution in [-0.4, -0.2) is 29.1 Å². The molecule has 0 radical (unpaired) electrons. The molecule has 0 bridgehead atoms. The number of primary amides is 1. The standard InChI is InChI=1S/C17H14F3N5O3S/c18-17(19,20)16-14(10-1-3-12(4-2-10)29(22,27)28)15(11-5-7-23-8-6-11)24-25(16)9-13(21)26/h1-8H,9H2,(H2,21,26)(H2,22,27,28). The average Bonchev–Trinajstić information content (AvgIpc) is 3.00. The summed E-state index contributed by atoms with van der Waals surface area (Å²) in [6.07, 6.45) is -2.12. The molecule has 4 N–H and O–H groups in total. The lowest BCUT2D eigenvalue weighted by Crippen LogP contribution is -2.24. The topological polar surface area (TPSA) is 134 Å². The number of nitrogens with zero attached hydrogens (tertiary/aromatic N) is 3. The summed E-state index contributed by atoms with van der Waals surface area (Å²) in [6, 6.07) is 7.47. The van der Waals surface area contributed by atoms with Gasteiger partial charge in [0.2, 0.25) is 15.9 Å². The monoisotopic (exact) mass is 425 g/mol. The normalized spacial score (nSPS) is 12.1. The molecule has 0 fully saturated rings. The van der Waals surface area contributed by atoms with Crippen molar-refractivity contribution in [1.29, 1.82) is 0 Å². The highest BCUT2D eigenvalue weighted by Gasteiger charge is 2.41. The molecule has 3 rings (SSSR count). The van der Waals surface area contributed by atoms with E-state index in [0.717, 1.165) is 12.1 Å². The van der Waals surface area contributed by atoms with E-state index in [9.17, 15) is 26.4 Å². The van der Waals surface area contributed by atoms with Crippen molar-refractivity contribution in [2.24, 2.45) is 10.9 Å². The molecule has 0 atom stereocenters. The van der Waals surface area contributed by atoms with Gasteiger partial charge in [-0.25, -0.2) is 18.2 Å². The Balaban J connectivity index is 2.33. The third kappa shape index (κ3) is 4.27. The van der Waals surface area contributed by atoms with Crippen LogP contribution in [0, 0.1) is 0 Å². The van der Waals surface area contributed by atoms with Crippen LogP contribution in [0.15, 0.2) is 53.7 Å². The molecular formula is C17H14F3N5O3S. The maximum Gasteiger partial charge on any atom is 0.433 e. The van der Waals surface area contributed by atoms with Crippen molar-refractivity contribution >= 4 is 15.9 Å². The SMILES string of the molecule is NC(=O)Cn1nc(-c2ccncc2)c(-c2ccc(S(N)(=O)=O)cc2)c1C(F)(F)F. The average molecular weight is 425 g/mol. The number of halogens is 3. The fraction of sp³-hybridized carbons (Fsp3) is 0.118. The van der Waals surface area contributed by atoms with Crippen LogP contribution >= 0.6 is 0 Å². The third-order valence-corrected chi connectivity index (χ3v) is 4.88. The van der Waals surface area contributed by atoms with E-state index in [-0.39, 0.29) is 21.7 Å². The zero-order valence-electron chi connectivity index (χ0n) is 14.6. The predicted octanol–water partition coefficient (Wildman–Crippen LogP) is 1.76. The van der Waals surface area contributed by atoms with Crippen molar-refractivity contribution in [3.8, 4) is 22.4 Å². The van der Waals surface area contributed by atoms with Gasteiger partial charge >= 0.3 is 6.18 Å². The number of benzene rings is 1. The van der Waals surface area contributed by atoms with Gasteiger partial charge < -0.3 is 5.73 Å². The van der Waals surface area contributed by atoms with Crippen molar-refractivity contribution in [2.75, 3.05) is 0 Å². The van der Waals surface area contributed by atoms with Crippen molar-refractivity contribution in [3.05, 3.63) is 54.5 Å². The minimum absolute atomic E-state index is 0.0345. The zero-order chi connectivity index (χ0) is 21.4. The van der Waals surface area contributed by atoms with Crippen molar-refractivity contribution in [2.45, 2.75) is 17.6 Å². The van der Waals surface area contributed by atoms with Gasteiger partial charge in [-0.3, -0.25) is 9.78 Å². The molecule has 1 amide bonds. The van der Waals surface area contributed by atoms with E-state index in [2.05, 4.69) is 10.1 Å². The van der Waals surface area contributed by atoms with Crippen LogP contribution in [0.4, 0.5) is 13.2 Å². The van der Waals surface area contributed by atoms with Crippen LogP contribution in [0.2, 0.25) is 0 Å². The Hall–Kier alpha value is -3.25. The first-order valence-corrected chi connectivity index (χ1v) is 9.53. The van der Waals surface area contributed by atoms with Gasteiger partial charge in [-0.15, -0.1) is 0 Å². The molecule has 2 aromatic heterocycles. The van der Waals surface area contributed by atoms with Crippen LogP contribution in [0.3, 0.4) is 0 Å². The minimum Gasteiger partial charge on any atom is -0.368 e. The van der Waals surface area contributed by atoms with Crippen molar-refractivity contribution in [3.63, 3.8) is 0 Å². The number of carbonyl (C=O) groups is 1. The molecule has 2 heterocycles. The number of aromatic nitrogens is 3. The summed E-state index contributed by atoms with van der Waals surface area (Å²) < 4.78 is 65.1. The number of pyridine rings is 1. The maximum atomic E-state index is 13.9. The van der Waals surface area contributed by atoms with Gasteiger partial charge in [0.05, 0.1) is 4.90 Å². The molecule has 29 heavy (non-hydrogen) atoms. The van der Waals surface area contributed by atoms with Gasteiger partial charge in [-0.05, 0) is 29.8 Å². The van der Waals surface area contributed by atoms with Gasteiger partial charge in [-0.2, -0.15) is 18.3 Å². The number of primary sulfonamides is 1. The Morgan fingerprint density at radius 3 is 2.10 bits per heavy atom. The van der Waals surface area contributed by atoms with Crippen LogP contribution in [-0.2, 0) is 27.5 Å². The minimum atomic E-state index is -4.87. The number of hydrogen-bond donors (Lipinski definition) is 2. The lowest BCUT2D eigenvalue weighted by Gasteiger charge is -2.12. The second-order valence-electron chi connectivity index (χ2n) is 6.00. The van der Waals surface area contributed by atoms with Crippen molar-refractivity contribution < 1.29 is 26.4 Å². The summed E-state index contributed by atoms with van der Waals surface area (Å²) in [7, 11) is -4.03. The van der Waals surface area contributed by atoms with Crippen LogP contribution in [0.25, 0.3) is 22.4 Å². The number of hydrogen-bond acceptors (Lipinski definition) is 5. The predicted molar refractivity (Wildman–Crippen MR) is 96.5 cm³/mol. The maximum absolute atomic E-state index is 13.9. The Bertz CT molecular complexity index is 1160. The van der Waals surface area contributed by atoms with E-state index in [1.54, 1.807) is 0 Å². The highest BCUT2D eigenvalue weighted by atomic mass is 32.2. The van der Waals surface area contributed by atoms with E-state index in [1.807, 2.05) is 0 Å². The molecule has 1 aromatic carbocycles. The fourth-order valence-corrected chi connectivity index (χ4v) is 3.32. The Labute approximate surface area is 163 Å². The molecule has 0 spiro atoms. The third-order valence-electron chi connectivity index (χ3n) is 3.95. The quantitative estimate of drug-likeness (QED) is 0.642. The number of rotatable bonds is 5. The van der Waals surface area contributed by atoms with Crippen LogP contribution < -0.4 is 10.9 Å². The van der Waals surface area contributed by atoms with Gasteiger partial charge in [-0.1, -0.05) is 12.1 Å². The Kier molecular flexibility index (Phi) is 5.15. The Morgan fingerprint density at radius 2 is 1.62 bits per heavy atom. The molecule has 0 unspecified atom stereocenters. The zero-order valence-corrected chi connectivity index (χ0v) is 15.4. The number of sulfonamides is 1. The molecular weight excluding hydrogens is 411 g/mol. The summed E-state index contributed by atoms with van der Waals surface area (Å²) in [5, 5.41) is 9.00. The largest absolute Gasteiger partial charge is 0.433 e. The molecule has 0 saturated heterocycles. The molecule has 0 saturated carbocycles. The molecule has 0 aliphatic rings. The van der Waals surface area contributed by atoms with Gasteiger partial charge in [0.25, 0.3) is 0 Å². The van der Waals surface area contributed by atoms with E-state index in [1.165, 1.54) is 36.7 Å². The van der Waals surface area contributed by atoms with Crippen LogP contribution in [0.1, 0.15) is 5.69 Å². The van der Waals surface area contributed by atoms with E-state index in [4.69, 9.17) is 10.9 Å². The summed E-state index contributed by atoms with van der Waals surface area (Å²) in [5.41, 5.74) is 3.85. The smallest absolute Gasteiger partial charge is 0.368 e. The number of carbonyl (C=O) groups excluding carboxylic acids is 1. The Morgan fingerprint density at radius 1 is 1.03 bits per heavy atom. The second kappa shape index (κ2) is 7.29. The first-order valence-electron chi connectivity index (χ1n) is 7.98. The summed E-state index contributed by atoms with van der Waals surface area (Å²) in [5.74, 6) is -1.00. The van der Waals surface area contributed by atoms with Crippen molar-refractivity contribution in [1.82, 2.24) is 14.8 Å². The lowest BCUT2D eigenvalue weighted by atomic mass is 9.99. The van der Waals surface area contributed by atoms with Gasteiger partial charge in [0.15, 0.2) is 5.69 Å². The fourth-order valence-electron chi connectivity index (χ4n) is 2.81. The van der Waals surface area contributed by atoms with E-state index in [0.29, 0.717) is 10.2 Å². The van der Waals surface area contributed by atoms with E-state index >= 15 is 0 Å².